The number of cyclic esters (lactones) is 1. The summed E-state index contributed by atoms with van der Waals surface area (Å²) in [7, 11) is 1.22. The van der Waals surface area contributed by atoms with Gasteiger partial charge in [0.15, 0.2) is 0 Å². The first kappa shape index (κ1) is 45.6. The molecule has 0 saturated carbocycles. The van der Waals surface area contributed by atoms with Crippen LogP contribution in [-0.2, 0) is 34.1 Å². The van der Waals surface area contributed by atoms with Crippen molar-refractivity contribution in [2.24, 2.45) is 11.8 Å². The standard InChI is InChI=1S/C53H54N4O9/c1-5-29-54-48(59)42-45-50(61)66-46(37-19-13-8-14-20-37)44(36-17-11-7-12-18-36)57(45)47(38-24-26-39(27-25-38)65-31-30-58)53(42)40-32-35(22-21-34-15-9-6-10-16-34)23-28-41(40)56(51(53)62)52(63)55-43(33(2)3)49(60)64-4/h5,7-8,11-15,17-20,23-28,32-33,42-47,58H,1,6,9-10,16,29-31H2,2-4H3,(H,54,59)(H,55,63)/t42-,43-,44-,45-,46+,47+,53-/m0/s1. The van der Waals surface area contributed by atoms with Gasteiger partial charge in [0.1, 0.15) is 36.0 Å². The first-order valence-corrected chi connectivity index (χ1v) is 22.4. The number of urea groups is 1. The van der Waals surface area contributed by atoms with Crippen molar-refractivity contribution in [3.63, 3.8) is 0 Å². The summed E-state index contributed by atoms with van der Waals surface area (Å²) in [6.45, 7) is 7.13. The molecule has 13 nitrogen and oxygen atoms in total. The van der Waals surface area contributed by atoms with Gasteiger partial charge in [-0.3, -0.25) is 19.3 Å². The highest BCUT2D eigenvalue weighted by Crippen LogP contribution is 2.66. The number of hydrogen-bond acceptors (Lipinski definition) is 10. The zero-order valence-electron chi connectivity index (χ0n) is 37.3. The van der Waals surface area contributed by atoms with Gasteiger partial charge in [-0.15, -0.1) is 6.58 Å². The number of morpholine rings is 1. The van der Waals surface area contributed by atoms with Crippen LogP contribution >= 0.6 is 0 Å². The summed E-state index contributed by atoms with van der Waals surface area (Å²) < 4.78 is 17.4. The molecule has 7 atom stereocenters. The Kier molecular flexibility index (Phi) is 13.5. The van der Waals surface area contributed by atoms with Crippen LogP contribution in [0, 0.1) is 23.7 Å². The SMILES string of the molecule is C=CCNC(=O)[C@@H]1[C@H]2C(=O)O[C@H](c3ccccc3)[C@H](c3ccccc3)N2[C@H](c2ccc(OCCO)cc2)[C@@]12C(=O)N(C(=O)N[C@H](C(=O)OC)C(C)C)c1ccc(C#CC3=CCCCC3)cc12. The van der Waals surface area contributed by atoms with E-state index in [2.05, 4.69) is 35.1 Å². The molecule has 3 N–H and O–H groups in total. The molecule has 2 saturated heterocycles. The Bertz CT molecular complexity index is 2590. The van der Waals surface area contributed by atoms with Crippen LogP contribution in [-0.4, -0.2) is 78.7 Å². The minimum Gasteiger partial charge on any atom is -0.491 e. The average Bonchev–Trinajstić information content (AvgIpc) is 3.80. The molecule has 2 fully saturated rings. The van der Waals surface area contributed by atoms with Crippen molar-refractivity contribution in [1.29, 1.82) is 0 Å². The number of imide groups is 1. The number of rotatable bonds is 12. The zero-order chi connectivity index (χ0) is 46.5. The quantitative estimate of drug-likeness (QED) is 0.0785. The fourth-order valence-corrected chi connectivity index (χ4v) is 10.1. The zero-order valence-corrected chi connectivity index (χ0v) is 37.3. The van der Waals surface area contributed by atoms with Gasteiger partial charge in [0.05, 0.1) is 37.4 Å². The minimum atomic E-state index is -2.03. The second-order valence-electron chi connectivity index (χ2n) is 17.2. The van der Waals surface area contributed by atoms with Crippen LogP contribution in [0.15, 0.2) is 127 Å². The Hall–Kier alpha value is -7.01. The third kappa shape index (κ3) is 8.27. The van der Waals surface area contributed by atoms with Crippen molar-refractivity contribution >= 4 is 35.5 Å². The number of benzene rings is 4. The highest BCUT2D eigenvalue weighted by Gasteiger charge is 2.75. The van der Waals surface area contributed by atoms with Crippen LogP contribution < -0.4 is 20.3 Å². The summed E-state index contributed by atoms with van der Waals surface area (Å²) in [6, 6.07) is 25.5. The van der Waals surface area contributed by atoms with Crippen molar-refractivity contribution in [2.75, 3.05) is 31.8 Å². The van der Waals surface area contributed by atoms with Crippen molar-refractivity contribution in [1.82, 2.24) is 15.5 Å². The maximum absolute atomic E-state index is 16.4. The summed E-state index contributed by atoms with van der Waals surface area (Å²) in [5.41, 5.74) is 1.90. The lowest BCUT2D eigenvalue weighted by Gasteiger charge is -2.46. The number of aliphatic hydroxyl groups excluding tert-OH is 1. The number of nitrogens with zero attached hydrogens (tertiary/aromatic N) is 2. The second-order valence-corrected chi connectivity index (χ2v) is 17.2. The number of methoxy groups -OCH3 is 1. The molecule has 4 aromatic carbocycles. The Labute approximate surface area is 384 Å². The van der Waals surface area contributed by atoms with Crippen LogP contribution in [0.4, 0.5) is 10.5 Å². The maximum atomic E-state index is 16.4. The molecule has 13 heteroatoms. The molecule has 0 bridgehead atoms. The Morgan fingerprint density at radius 2 is 1.64 bits per heavy atom. The third-order valence-corrected chi connectivity index (χ3v) is 13.0. The molecule has 4 aromatic rings. The molecule has 1 aliphatic carbocycles. The van der Waals surface area contributed by atoms with Crippen molar-refractivity contribution < 1.29 is 43.3 Å². The van der Waals surface area contributed by atoms with Crippen LogP contribution in [0.5, 0.6) is 5.75 Å². The number of amides is 4. The summed E-state index contributed by atoms with van der Waals surface area (Å²) in [5, 5.41) is 15.3. The molecule has 4 amide bonds. The molecule has 66 heavy (non-hydrogen) atoms. The van der Waals surface area contributed by atoms with Gasteiger partial charge in [-0.2, -0.15) is 0 Å². The molecule has 8 rings (SSSR count). The lowest BCUT2D eigenvalue weighted by molar-refractivity contribution is -0.178. The molecular formula is C53H54N4O9. The van der Waals surface area contributed by atoms with Gasteiger partial charge in [0.25, 0.3) is 0 Å². The molecule has 3 aliphatic heterocycles. The number of nitrogens with one attached hydrogen (secondary N) is 2. The summed E-state index contributed by atoms with van der Waals surface area (Å²) in [6.07, 6.45) is 6.58. The van der Waals surface area contributed by atoms with E-state index < -0.39 is 77.3 Å². The van der Waals surface area contributed by atoms with Crippen molar-refractivity contribution in [2.45, 2.75) is 75.2 Å². The minimum absolute atomic E-state index is 0.00453. The van der Waals surface area contributed by atoms with Gasteiger partial charge in [-0.05, 0) is 89.8 Å². The highest BCUT2D eigenvalue weighted by molar-refractivity contribution is 6.25. The van der Waals surface area contributed by atoms with Gasteiger partial charge in [-0.1, -0.05) is 111 Å². The van der Waals surface area contributed by atoms with Gasteiger partial charge < -0.3 is 30.0 Å². The van der Waals surface area contributed by atoms with E-state index >= 15 is 14.4 Å². The van der Waals surface area contributed by atoms with Crippen molar-refractivity contribution in [3.05, 3.63) is 155 Å². The number of aliphatic hydroxyl groups is 1. The number of anilines is 1. The fourth-order valence-electron chi connectivity index (χ4n) is 10.1. The predicted molar refractivity (Wildman–Crippen MR) is 247 cm³/mol. The Morgan fingerprint density at radius 3 is 2.27 bits per heavy atom. The normalized spacial score (nSPS) is 23.7. The van der Waals surface area contributed by atoms with E-state index in [0.29, 0.717) is 28.0 Å². The van der Waals surface area contributed by atoms with Crippen LogP contribution in [0.25, 0.3) is 0 Å². The third-order valence-electron chi connectivity index (χ3n) is 13.0. The lowest BCUT2D eigenvalue weighted by Crippen LogP contribution is -2.57. The highest BCUT2D eigenvalue weighted by atomic mass is 16.6. The Balaban J connectivity index is 1.45. The summed E-state index contributed by atoms with van der Waals surface area (Å²) in [4.78, 5) is 78.0. The monoisotopic (exact) mass is 890 g/mol. The number of hydrogen-bond donors (Lipinski definition) is 3. The molecule has 0 aromatic heterocycles. The van der Waals surface area contributed by atoms with Gasteiger partial charge >= 0.3 is 18.0 Å². The Morgan fingerprint density at radius 1 is 0.924 bits per heavy atom. The van der Waals surface area contributed by atoms with Crippen LogP contribution in [0.2, 0.25) is 0 Å². The molecule has 4 aliphatic rings. The van der Waals surface area contributed by atoms with E-state index in [1.165, 1.54) is 13.2 Å². The van der Waals surface area contributed by atoms with E-state index in [0.717, 1.165) is 41.7 Å². The average molecular weight is 891 g/mol. The summed E-state index contributed by atoms with van der Waals surface area (Å²) >= 11 is 0. The number of ether oxygens (including phenoxy) is 3. The first-order chi connectivity index (χ1) is 32.0. The number of allylic oxidation sites excluding steroid dienone is 2. The number of carbonyl (C=O) groups excluding carboxylic acids is 5. The van der Waals surface area contributed by atoms with E-state index in [9.17, 15) is 14.7 Å². The van der Waals surface area contributed by atoms with Crippen molar-refractivity contribution in [3.8, 4) is 17.6 Å². The molecule has 1 spiro atoms. The van der Waals surface area contributed by atoms with Crippen LogP contribution in [0.3, 0.4) is 0 Å². The molecular weight excluding hydrogens is 837 g/mol. The summed E-state index contributed by atoms with van der Waals surface area (Å²) in [5.74, 6) is 2.24. The first-order valence-electron chi connectivity index (χ1n) is 22.4. The van der Waals surface area contributed by atoms with E-state index in [1.807, 2.05) is 65.6 Å². The molecule has 340 valence electrons. The van der Waals surface area contributed by atoms with Crippen LogP contribution in [0.1, 0.15) is 85.5 Å². The predicted octanol–water partition coefficient (Wildman–Crippen LogP) is 6.78. The number of fused-ring (bicyclic) bond motifs is 3. The topological polar surface area (TPSA) is 164 Å². The van der Waals surface area contributed by atoms with E-state index in [1.54, 1.807) is 56.3 Å². The molecule has 3 heterocycles. The largest absolute Gasteiger partial charge is 0.491 e. The van der Waals surface area contributed by atoms with Gasteiger partial charge in [-0.25, -0.2) is 14.5 Å². The molecule has 0 unspecified atom stereocenters. The van der Waals surface area contributed by atoms with Gasteiger partial charge in [0.2, 0.25) is 11.8 Å². The number of esters is 2. The number of carbonyl (C=O) groups is 5. The molecule has 0 radical (unpaired) electrons. The lowest BCUT2D eigenvalue weighted by atomic mass is 9.65. The second kappa shape index (κ2) is 19.6. The van der Waals surface area contributed by atoms with Gasteiger partial charge in [0, 0.05) is 12.1 Å². The van der Waals surface area contributed by atoms with E-state index in [-0.39, 0.29) is 25.4 Å². The maximum Gasteiger partial charge on any atom is 0.329 e. The van der Waals surface area contributed by atoms with E-state index in [4.69, 9.17) is 14.2 Å². The smallest absolute Gasteiger partial charge is 0.329 e. The fraction of sp³-hybridized carbons (Fsp3) is 0.340.